The van der Waals surface area contributed by atoms with Crippen LogP contribution < -0.4 is 10.6 Å². The Morgan fingerprint density at radius 1 is 1.26 bits per heavy atom. The summed E-state index contributed by atoms with van der Waals surface area (Å²) >= 11 is 0. The fraction of sp³-hybridized carbons (Fsp3) is 0.300. The van der Waals surface area contributed by atoms with Gasteiger partial charge in [0, 0.05) is 50.8 Å². The molecule has 1 unspecified atom stereocenters. The third kappa shape index (κ3) is 5.23. The SMILES string of the molecule is C=C(c1ccccc1)N1CCN(C(=O)C(=O)c2c[nH]c3c(-n4ccc(C(C)N(N)C=NC)n4)ncc(OC)c23)C[C@H]1C. The highest BCUT2D eigenvalue weighted by Gasteiger charge is 2.33. The van der Waals surface area contributed by atoms with Crippen molar-refractivity contribution in [2.24, 2.45) is 10.8 Å². The van der Waals surface area contributed by atoms with Crippen molar-refractivity contribution in [1.29, 1.82) is 0 Å². The van der Waals surface area contributed by atoms with E-state index in [2.05, 4.69) is 31.5 Å². The fourth-order valence-corrected chi connectivity index (χ4v) is 5.28. The van der Waals surface area contributed by atoms with E-state index in [9.17, 15) is 9.59 Å². The van der Waals surface area contributed by atoms with Crippen LogP contribution in [0.4, 0.5) is 0 Å². The standard InChI is InChI=1S/C30H35N9O3/c1-19-17-36(13-14-37(19)20(2)22-9-7-6-8-10-22)30(41)28(40)23-15-33-27-26(23)25(42-5)16-34-29(27)39-12-11-24(35-39)21(3)38(31)18-32-4/h6-12,15-16,18-19,21,33H,2,13-14,17,31H2,1,3-5H3/t19-,21?/m1/s1. The first kappa shape index (κ1) is 28.6. The molecule has 42 heavy (non-hydrogen) atoms. The Morgan fingerprint density at radius 3 is 2.71 bits per heavy atom. The number of hydrazine groups is 1. The maximum absolute atomic E-state index is 13.6. The average Bonchev–Trinajstić information content (AvgIpc) is 3.68. The zero-order valence-electron chi connectivity index (χ0n) is 24.2. The molecule has 1 saturated heterocycles. The van der Waals surface area contributed by atoms with Crippen LogP contribution in [0.25, 0.3) is 22.4 Å². The van der Waals surface area contributed by atoms with E-state index in [1.165, 1.54) is 30.9 Å². The largest absolute Gasteiger partial charge is 0.494 e. The smallest absolute Gasteiger partial charge is 0.295 e. The Labute approximate surface area is 244 Å². The number of rotatable bonds is 9. The number of fused-ring (bicyclic) bond motifs is 1. The minimum absolute atomic E-state index is 0.0130. The lowest BCUT2D eigenvalue weighted by atomic mass is 10.1. The number of aromatic amines is 1. The van der Waals surface area contributed by atoms with E-state index in [0.717, 1.165) is 11.3 Å². The number of benzene rings is 1. The predicted octanol–water partition coefficient (Wildman–Crippen LogP) is 3.04. The van der Waals surface area contributed by atoms with Gasteiger partial charge in [-0.2, -0.15) is 5.10 Å². The van der Waals surface area contributed by atoms with Gasteiger partial charge in [-0.3, -0.25) is 19.6 Å². The highest BCUT2D eigenvalue weighted by molar-refractivity contribution is 6.45. The number of Topliss-reactive ketones (excluding diaryl/α,β-unsaturated/α-hetero) is 1. The fourth-order valence-electron chi connectivity index (χ4n) is 5.28. The summed E-state index contributed by atoms with van der Waals surface area (Å²) < 4.78 is 7.15. The summed E-state index contributed by atoms with van der Waals surface area (Å²) in [5.74, 6) is 5.67. The number of ether oxygens (including phenoxy) is 1. The first-order valence-electron chi connectivity index (χ1n) is 13.6. The molecule has 1 aromatic carbocycles. The lowest BCUT2D eigenvalue weighted by Gasteiger charge is -2.42. The molecule has 218 valence electrons. The second-order valence-corrected chi connectivity index (χ2v) is 10.2. The number of H-pyrrole nitrogens is 1. The Kier molecular flexibility index (Phi) is 8.07. The number of carbonyl (C=O) groups excluding carboxylic acids is 2. The third-order valence-corrected chi connectivity index (χ3v) is 7.63. The molecule has 1 aliphatic rings. The van der Waals surface area contributed by atoms with E-state index in [0.29, 0.717) is 47.8 Å². The summed E-state index contributed by atoms with van der Waals surface area (Å²) in [5.41, 5.74) is 3.36. The van der Waals surface area contributed by atoms with E-state index >= 15 is 0 Å². The first-order chi connectivity index (χ1) is 20.2. The summed E-state index contributed by atoms with van der Waals surface area (Å²) in [6.07, 6.45) is 6.33. The van der Waals surface area contributed by atoms with Crippen LogP contribution in [0.5, 0.6) is 5.75 Å². The van der Waals surface area contributed by atoms with E-state index in [1.54, 1.807) is 22.8 Å². The Balaban J connectivity index is 1.39. The molecule has 5 rings (SSSR count). The molecule has 2 atom stereocenters. The predicted molar refractivity (Wildman–Crippen MR) is 161 cm³/mol. The lowest BCUT2D eigenvalue weighted by Crippen LogP contribution is -2.54. The molecule has 4 aromatic rings. The summed E-state index contributed by atoms with van der Waals surface area (Å²) in [6.45, 7) is 9.58. The number of aromatic nitrogens is 4. The molecule has 0 aliphatic carbocycles. The molecular formula is C30H35N9O3. The van der Waals surface area contributed by atoms with Crippen LogP contribution in [0.1, 0.15) is 41.5 Å². The summed E-state index contributed by atoms with van der Waals surface area (Å²) in [7, 11) is 3.14. The van der Waals surface area contributed by atoms with Gasteiger partial charge in [-0.1, -0.05) is 36.9 Å². The number of pyridine rings is 1. The second-order valence-electron chi connectivity index (χ2n) is 10.2. The minimum atomic E-state index is -0.619. The highest BCUT2D eigenvalue weighted by atomic mass is 16.5. The van der Waals surface area contributed by atoms with Crippen molar-refractivity contribution in [2.45, 2.75) is 25.9 Å². The average molecular weight is 570 g/mol. The van der Waals surface area contributed by atoms with Crippen molar-refractivity contribution in [1.82, 2.24) is 34.6 Å². The van der Waals surface area contributed by atoms with Crippen LogP contribution in [0.2, 0.25) is 0 Å². The van der Waals surface area contributed by atoms with Gasteiger partial charge < -0.3 is 19.5 Å². The van der Waals surface area contributed by atoms with Crippen molar-refractivity contribution in [3.63, 3.8) is 0 Å². The van der Waals surface area contributed by atoms with Crippen LogP contribution in [-0.4, -0.2) is 92.4 Å². The summed E-state index contributed by atoms with van der Waals surface area (Å²) in [6, 6.07) is 11.5. The number of ketones is 1. The summed E-state index contributed by atoms with van der Waals surface area (Å²) in [4.78, 5) is 42.5. The molecule has 4 heterocycles. The number of methoxy groups -OCH3 is 1. The number of hydrogen-bond donors (Lipinski definition) is 2. The molecule has 12 heteroatoms. The molecule has 0 bridgehead atoms. The molecule has 12 nitrogen and oxygen atoms in total. The van der Waals surface area contributed by atoms with Crippen molar-refractivity contribution >= 4 is 34.6 Å². The number of nitrogens with zero attached hydrogens (tertiary/aromatic N) is 7. The first-order valence-corrected chi connectivity index (χ1v) is 13.6. The number of nitrogens with two attached hydrogens (primary N) is 1. The molecular weight excluding hydrogens is 534 g/mol. The number of amides is 1. The van der Waals surface area contributed by atoms with Crippen molar-refractivity contribution < 1.29 is 14.3 Å². The van der Waals surface area contributed by atoms with Gasteiger partial charge >= 0.3 is 0 Å². The molecule has 3 N–H and O–H groups in total. The third-order valence-electron chi connectivity index (χ3n) is 7.63. The maximum Gasteiger partial charge on any atom is 0.295 e. The highest BCUT2D eigenvalue weighted by Crippen LogP contribution is 2.32. The maximum atomic E-state index is 13.6. The molecule has 1 fully saturated rings. The normalized spacial score (nSPS) is 16.2. The minimum Gasteiger partial charge on any atom is -0.494 e. The lowest BCUT2D eigenvalue weighted by molar-refractivity contribution is -0.128. The van der Waals surface area contributed by atoms with E-state index < -0.39 is 11.7 Å². The second kappa shape index (κ2) is 11.9. The van der Waals surface area contributed by atoms with Gasteiger partial charge in [-0.15, -0.1) is 0 Å². The Bertz CT molecular complexity index is 1640. The molecule has 0 spiro atoms. The van der Waals surface area contributed by atoms with E-state index in [4.69, 9.17) is 10.6 Å². The van der Waals surface area contributed by atoms with Crippen LogP contribution in [0, 0.1) is 0 Å². The number of carbonyl (C=O) groups is 2. The zero-order valence-corrected chi connectivity index (χ0v) is 24.2. The van der Waals surface area contributed by atoms with Crippen LogP contribution >= 0.6 is 0 Å². The van der Waals surface area contributed by atoms with Gasteiger partial charge in [0.25, 0.3) is 11.7 Å². The molecule has 0 radical (unpaired) electrons. The van der Waals surface area contributed by atoms with Crippen molar-refractivity contribution in [3.05, 3.63) is 78.4 Å². The Morgan fingerprint density at radius 2 is 2.02 bits per heavy atom. The van der Waals surface area contributed by atoms with Crippen molar-refractivity contribution in [2.75, 3.05) is 33.8 Å². The van der Waals surface area contributed by atoms with Crippen LogP contribution in [0.15, 0.2) is 66.6 Å². The molecule has 1 amide bonds. The number of nitrogens with one attached hydrogen (secondary N) is 1. The number of piperazine rings is 1. The molecule has 0 saturated carbocycles. The summed E-state index contributed by atoms with van der Waals surface area (Å²) in [5, 5.41) is 6.57. The van der Waals surface area contributed by atoms with Gasteiger partial charge in [0.1, 0.15) is 5.75 Å². The topological polar surface area (TPSA) is 138 Å². The van der Waals surface area contributed by atoms with E-state index in [1.807, 2.05) is 50.2 Å². The van der Waals surface area contributed by atoms with Gasteiger partial charge in [0.2, 0.25) is 0 Å². The molecule has 3 aromatic heterocycles. The monoisotopic (exact) mass is 569 g/mol. The van der Waals surface area contributed by atoms with Crippen LogP contribution in [0.3, 0.4) is 0 Å². The van der Waals surface area contributed by atoms with Crippen molar-refractivity contribution in [3.8, 4) is 11.6 Å². The van der Waals surface area contributed by atoms with Gasteiger partial charge in [-0.25, -0.2) is 15.5 Å². The van der Waals surface area contributed by atoms with Gasteiger partial charge in [0.05, 0.1) is 47.8 Å². The quantitative estimate of drug-likeness (QED) is 0.0784. The van der Waals surface area contributed by atoms with Gasteiger partial charge in [-0.05, 0) is 25.5 Å². The Hall–Kier alpha value is -4.97. The van der Waals surface area contributed by atoms with Crippen LogP contribution in [-0.2, 0) is 4.79 Å². The van der Waals surface area contributed by atoms with Gasteiger partial charge in [0.15, 0.2) is 5.82 Å². The molecule has 1 aliphatic heterocycles. The number of hydrogen-bond acceptors (Lipinski definition) is 8. The zero-order chi connectivity index (χ0) is 30.0. The van der Waals surface area contributed by atoms with E-state index in [-0.39, 0.29) is 17.6 Å². The number of aliphatic imine (C=N–C) groups is 1.